The molecule has 1 rings (SSSR count). The van der Waals surface area contributed by atoms with E-state index in [-0.39, 0.29) is 17.1 Å². The van der Waals surface area contributed by atoms with E-state index in [1.54, 1.807) is 0 Å². The number of carbonyl (C=O) groups is 1. The number of ether oxygens (including phenoxy) is 1. The second-order valence-corrected chi connectivity index (χ2v) is 4.59. The van der Waals surface area contributed by atoms with E-state index in [0.29, 0.717) is 5.56 Å². The Balaban J connectivity index is 3.62. The van der Waals surface area contributed by atoms with Crippen molar-refractivity contribution in [3.05, 3.63) is 23.3 Å². The molecule has 0 radical (unpaired) electrons. The van der Waals surface area contributed by atoms with Crippen LogP contribution in [-0.4, -0.2) is 23.3 Å². The molecule has 0 bridgehead atoms. The zero-order valence-electron chi connectivity index (χ0n) is 9.87. The molecular weight excluding hydrogens is 208 g/mol. The van der Waals surface area contributed by atoms with Crippen molar-refractivity contribution < 1.29 is 19.7 Å². The van der Waals surface area contributed by atoms with Crippen molar-refractivity contribution in [3.8, 4) is 11.5 Å². The van der Waals surface area contributed by atoms with Gasteiger partial charge in [-0.1, -0.05) is 20.8 Å². The largest absolute Gasteiger partial charge is 0.508 e. The maximum Gasteiger partial charge on any atom is 0.339 e. The number of aromatic hydroxyl groups is 1. The average Bonchev–Trinajstić information content (AvgIpc) is 2.15. The van der Waals surface area contributed by atoms with Gasteiger partial charge in [0.25, 0.3) is 0 Å². The van der Waals surface area contributed by atoms with Crippen molar-refractivity contribution in [1.82, 2.24) is 0 Å². The quantitative estimate of drug-likeness (QED) is 0.809. The molecule has 0 aromatic heterocycles. The molecule has 0 unspecified atom stereocenters. The Morgan fingerprint density at radius 2 is 1.88 bits per heavy atom. The molecule has 4 nitrogen and oxygen atoms in total. The van der Waals surface area contributed by atoms with E-state index in [0.717, 1.165) is 0 Å². The molecule has 0 saturated heterocycles. The zero-order chi connectivity index (χ0) is 12.5. The molecule has 88 valence electrons. The van der Waals surface area contributed by atoms with Crippen molar-refractivity contribution in [1.29, 1.82) is 0 Å². The first-order valence-electron chi connectivity index (χ1n) is 4.92. The molecule has 0 saturated carbocycles. The van der Waals surface area contributed by atoms with Gasteiger partial charge in [-0.2, -0.15) is 0 Å². The topological polar surface area (TPSA) is 66.8 Å². The summed E-state index contributed by atoms with van der Waals surface area (Å²) in [5.41, 5.74) is -0.0545. The first kappa shape index (κ1) is 12.4. The zero-order valence-corrected chi connectivity index (χ0v) is 9.87. The summed E-state index contributed by atoms with van der Waals surface area (Å²) in [6.07, 6.45) is 0. The molecule has 0 spiro atoms. The van der Waals surface area contributed by atoms with Gasteiger partial charge in [0.2, 0.25) is 0 Å². The molecule has 4 heteroatoms. The summed E-state index contributed by atoms with van der Waals surface area (Å²) in [6.45, 7) is 5.52. The third-order valence-electron chi connectivity index (χ3n) is 2.33. The fourth-order valence-corrected chi connectivity index (χ4v) is 1.71. The van der Waals surface area contributed by atoms with E-state index in [9.17, 15) is 15.0 Å². The van der Waals surface area contributed by atoms with Crippen molar-refractivity contribution in [2.45, 2.75) is 26.2 Å². The Bertz CT molecular complexity index is 416. The molecule has 16 heavy (non-hydrogen) atoms. The van der Waals surface area contributed by atoms with Gasteiger partial charge < -0.3 is 14.9 Å². The first-order chi connectivity index (χ1) is 7.29. The minimum Gasteiger partial charge on any atom is -0.508 e. The van der Waals surface area contributed by atoms with Crippen molar-refractivity contribution in [2.75, 3.05) is 7.11 Å². The third-order valence-corrected chi connectivity index (χ3v) is 2.33. The van der Waals surface area contributed by atoms with Gasteiger partial charge in [-0.05, 0) is 17.5 Å². The van der Waals surface area contributed by atoms with Crippen molar-refractivity contribution in [2.24, 2.45) is 0 Å². The Morgan fingerprint density at radius 1 is 1.31 bits per heavy atom. The summed E-state index contributed by atoms with van der Waals surface area (Å²) in [5, 5.41) is 19.0. The summed E-state index contributed by atoms with van der Waals surface area (Å²) in [6, 6.07) is 2.90. The number of carboxylic acids is 1. The fourth-order valence-electron chi connectivity index (χ4n) is 1.71. The predicted octanol–water partition coefficient (Wildman–Crippen LogP) is 2.40. The van der Waals surface area contributed by atoms with Crippen LogP contribution in [0.5, 0.6) is 11.5 Å². The standard InChI is InChI=1S/C12H16O4/c1-12(2,3)10-7(13)5-6-8(16-4)9(10)11(14)15/h5-6,13H,1-4H3,(H,14,15). The molecule has 0 fully saturated rings. The lowest BCUT2D eigenvalue weighted by atomic mass is 9.82. The summed E-state index contributed by atoms with van der Waals surface area (Å²) >= 11 is 0. The molecule has 0 aliphatic carbocycles. The number of rotatable bonds is 2. The number of carboxylic acid groups (broad SMARTS) is 1. The molecule has 0 aliphatic rings. The second kappa shape index (κ2) is 4.04. The van der Waals surface area contributed by atoms with Crippen LogP contribution in [0.25, 0.3) is 0 Å². The second-order valence-electron chi connectivity index (χ2n) is 4.59. The van der Waals surface area contributed by atoms with Crippen LogP contribution < -0.4 is 4.74 Å². The molecule has 0 aliphatic heterocycles. The third kappa shape index (κ3) is 2.10. The van der Waals surface area contributed by atoms with Crippen LogP contribution in [-0.2, 0) is 5.41 Å². The molecule has 0 heterocycles. The van der Waals surface area contributed by atoms with Gasteiger partial charge in [-0.25, -0.2) is 4.79 Å². The van der Waals surface area contributed by atoms with Crippen molar-refractivity contribution in [3.63, 3.8) is 0 Å². The molecule has 2 N–H and O–H groups in total. The molecule has 1 aromatic rings. The van der Waals surface area contributed by atoms with Crippen LogP contribution in [0.2, 0.25) is 0 Å². The highest BCUT2D eigenvalue weighted by Crippen LogP contribution is 2.38. The number of phenols is 1. The number of benzene rings is 1. The summed E-state index contributed by atoms with van der Waals surface area (Å²) < 4.78 is 5.01. The van der Waals surface area contributed by atoms with Crippen molar-refractivity contribution >= 4 is 5.97 Å². The predicted molar refractivity (Wildman–Crippen MR) is 60.3 cm³/mol. The summed E-state index contributed by atoms with van der Waals surface area (Å²) in [7, 11) is 1.41. The van der Waals surface area contributed by atoms with Crippen LogP contribution in [0.1, 0.15) is 36.7 Å². The average molecular weight is 224 g/mol. The van der Waals surface area contributed by atoms with Gasteiger partial charge in [0.15, 0.2) is 0 Å². The van der Waals surface area contributed by atoms with Gasteiger partial charge >= 0.3 is 5.97 Å². The van der Waals surface area contributed by atoms with Gasteiger partial charge in [-0.3, -0.25) is 0 Å². The fraction of sp³-hybridized carbons (Fsp3) is 0.417. The number of hydrogen-bond donors (Lipinski definition) is 2. The summed E-state index contributed by atoms with van der Waals surface area (Å²) in [4.78, 5) is 11.2. The molecule has 1 aromatic carbocycles. The molecule has 0 atom stereocenters. The summed E-state index contributed by atoms with van der Waals surface area (Å²) in [5.74, 6) is -0.862. The maximum atomic E-state index is 11.2. The lowest BCUT2D eigenvalue weighted by Gasteiger charge is -2.23. The van der Waals surface area contributed by atoms with Crippen LogP contribution >= 0.6 is 0 Å². The maximum absolute atomic E-state index is 11.2. The minimum atomic E-state index is -1.10. The highest BCUT2D eigenvalue weighted by Gasteiger charge is 2.28. The van der Waals surface area contributed by atoms with E-state index in [1.807, 2.05) is 20.8 Å². The normalized spacial score (nSPS) is 11.2. The Kier molecular flexibility index (Phi) is 3.12. The number of aromatic carboxylic acids is 1. The lowest BCUT2D eigenvalue weighted by Crippen LogP contribution is -2.18. The Labute approximate surface area is 94.5 Å². The minimum absolute atomic E-state index is 0.0225. The number of methoxy groups -OCH3 is 1. The number of hydrogen-bond acceptors (Lipinski definition) is 3. The monoisotopic (exact) mass is 224 g/mol. The van der Waals surface area contributed by atoms with E-state index < -0.39 is 11.4 Å². The molecular formula is C12H16O4. The first-order valence-corrected chi connectivity index (χ1v) is 4.92. The SMILES string of the molecule is COc1ccc(O)c(C(C)(C)C)c1C(=O)O. The van der Waals surface area contributed by atoms with E-state index in [1.165, 1.54) is 19.2 Å². The van der Waals surface area contributed by atoms with Gasteiger partial charge in [0.05, 0.1) is 7.11 Å². The molecule has 0 amide bonds. The Hall–Kier alpha value is -1.71. The number of phenolic OH excluding ortho intramolecular Hbond substituents is 1. The highest BCUT2D eigenvalue weighted by atomic mass is 16.5. The Morgan fingerprint density at radius 3 is 2.25 bits per heavy atom. The van der Waals surface area contributed by atoms with Gasteiger partial charge in [-0.15, -0.1) is 0 Å². The van der Waals surface area contributed by atoms with Crippen LogP contribution in [0.3, 0.4) is 0 Å². The lowest BCUT2D eigenvalue weighted by molar-refractivity contribution is 0.0689. The van der Waals surface area contributed by atoms with Gasteiger partial charge in [0.1, 0.15) is 17.1 Å². The van der Waals surface area contributed by atoms with E-state index in [2.05, 4.69) is 0 Å². The van der Waals surface area contributed by atoms with Gasteiger partial charge in [0, 0.05) is 5.56 Å². The van der Waals surface area contributed by atoms with Crippen LogP contribution in [0.4, 0.5) is 0 Å². The highest BCUT2D eigenvalue weighted by molar-refractivity contribution is 5.94. The van der Waals surface area contributed by atoms with E-state index in [4.69, 9.17) is 4.74 Å². The van der Waals surface area contributed by atoms with Crippen LogP contribution in [0.15, 0.2) is 12.1 Å². The van der Waals surface area contributed by atoms with Crippen LogP contribution in [0, 0.1) is 0 Å². The smallest absolute Gasteiger partial charge is 0.339 e. The van der Waals surface area contributed by atoms with E-state index >= 15 is 0 Å².